The number of aromatic nitrogens is 2. The van der Waals surface area contributed by atoms with Crippen LogP contribution in [-0.2, 0) is 11.3 Å². The van der Waals surface area contributed by atoms with E-state index in [1.54, 1.807) is 24.3 Å². The van der Waals surface area contributed by atoms with Gasteiger partial charge in [-0.3, -0.25) is 9.59 Å². The number of ether oxygens (including phenoxy) is 1. The Labute approximate surface area is 167 Å². The zero-order valence-corrected chi connectivity index (χ0v) is 16.6. The number of amides is 1. The van der Waals surface area contributed by atoms with Gasteiger partial charge in [-0.1, -0.05) is 29.3 Å². The van der Waals surface area contributed by atoms with Crippen molar-refractivity contribution in [2.24, 2.45) is 0 Å². The number of rotatable bonds is 5. The van der Waals surface area contributed by atoms with E-state index in [0.29, 0.717) is 22.2 Å². The van der Waals surface area contributed by atoms with Crippen LogP contribution in [0.1, 0.15) is 11.1 Å². The highest BCUT2D eigenvalue weighted by molar-refractivity contribution is 6.32. The first-order valence-corrected chi connectivity index (χ1v) is 9.04. The van der Waals surface area contributed by atoms with Crippen LogP contribution < -0.4 is 15.6 Å². The van der Waals surface area contributed by atoms with E-state index in [4.69, 9.17) is 16.3 Å². The van der Waals surface area contributed by atoms with Crippen LogP contribution in [0.2, 0.25) is 5.02 Å². The van der Waals surface area contributed by atoms with Gasteiger partial charge in [-0.05, 0) is 49.7 Å². The molecule has 0 fully saturated rings. The van der Waals surface area contributed by atoms with E-state index < -0.39 is 0 Å². The molecule has 0 radical (unpaired) electrons. The first-order chi connectivity index (χ1) is 13.4. The zero-order chi connectivity index (χ0) is 20.3. The first kappa shape index (κ1) is 19.6. The number of hydrogen-bond donors (Lipinski definition) is 1. The molecule has 3 aromatic rings. The Balaban J connectivity index is 1.82. The highest BCUT2D eigenvalue weighted by Crippen LogP contribution is 2.27. The molecule has 1 heterocycles. The molecule has 3 rings (SSSR count). The van der Waals surface area contributed by atoms with E-state index in [9.17, 15) is 9.59 Å². The minimum atomic E-state index is -0.381. The fourth-order valence-corrected chi connectivity index (χ4v) is 3.06. The summed E-state index contributed by atoms with van der Waals surface area (Å²) in [5.74, 6) is 0.132. The van der Waals surface area contributed by atoms with Crippen LogP contribution in [0, 0.1) is 13.8 Å². The summed E-state index contributed by atoms with van der Waals surface area (Å²) in [5, 5.41) is 7.46. The van der Waals surface area contributed by atoms with Gasteiger partial charge in [0.15, 0.2) is 0 Å². The molecular formula is C21H20ClN3O3. The summed E-state index contributed by atoms with van der Waals surface area (Å²) in [5.41, 5.74) is 3.86. The molecule has 144 valence electrons. The van der Waals surface area contributed by atoms with Gasteiger partial charge in [0.2, 0.25) is 5.91 Å². The maximum Gasteiger partial charge on any atom is 0.267 e. The average molecular weight is 398 g/mol. The van der Waals surface area contributed by atoms with Crippen molar-refractivity contribution in [3.05, 3.63) is 75.0 Å². The van der Waals surface area contributed by atoms with Crippen molar-refractivity contribution >= 4 is 23.2 Å². The average Bonchev–Trinajstić information content (AvgIpc) is 2.66. The fraction of sp³-hybridized carbons (Fsp3) is 0.190. The van der Waals surface area contributed by atoms with Gasteiger partial charge in [-0.15, -0.1) is 0 Å². The molecule has 0 aliphatic heterocycles. The summed E-state index contributed by atoms with van der Waals surface area (Å²) in [6.45, 7) is 3.76. The molecule has 28 heavy (non-hydrogen) atoms. The van der Waals surface area contributed by atoms with Crippen LogP contribution in [-0.4, -0.2) is 22.8 Å². The predicted octanol–water partition coefficient (Wildman–Crippen LogP) is 3.83. The lowest BCUT2D eigenvalue weighted by Gasteiger charge is -2.11. The Morgan fingerprint density at radius 1 is 1.14 bits per heavy atom. The van der Waals surface area contributed by atoms with Crippen molar-refractivity contribution in [1.29, 1.82) is 0 Å². The van der Waals surface area contributed by atoms with Crippen LogP contribution in [0.3, 0.4) is 0 Å². The Kier molecular flexibility index (Phi) is 5.80. The van der Waals surface area contributed by atoms with E-state index in [2.05, 4.69) is 10.4 Å². The van der Waals surface area contributed by atoms with Gasteiger partial charge in [0, 0.05) is 17.3 Å². The third-order valence-electron chi connectivity index (χ3n) is 4.26. The number of anilines is 1. The molecule has 6 nitrogen and oxygen atoms in total. The van der Waals surface area contributed by atoms with Gasteiger partial charge in [0.1, 0.15) is 12.3 Å². The molecule has 0 aliphatic carbocycles. The number of carbonyl (C=O) groups is 1. The van der Waals surface area contributed by atoms with Crippen molar-refractivity contribution in [1.82, 2.24) is 9.78 Å². The highest BCUT2D eigenvalue weighted by Gasteiger charge is 2.11. The van der Waals surface area contributed by atoms with Gasteiger partial charge in [-0.25, -0.2) is 4.68 Å². The second-order valence-electron chi connectivity index (χ2n) is 6.43. The third kappa shape index (κ3) is 4.40. The predicted molar refractivity (Wildman–Crippen MR) is 110 cm³/mol. The van der Waals surface area contributed by atoms with Crippen molar-refractivity contribution in [2.75, 3.05) is 12.4 Å². The smallest absolute Gasteiger partial charge is 0.267 e. The lowest BCUT2D eigenvalue weighted by molar-refractivity contribution is -0.117. The van der Waals surface area contributed by atoms with E-state index >= 15 is 0 Å². The Hall–Kier alpha value is -3.12. The molecule has 0 saturated heterocycles. The minimum Gasteiger partial charge on any atom is -0.495 e. The van der Waals surface area contributed by atoms with Gasteiger partial charge >= 0.3 is 0 Å². The van der Waals surface area contributed by atoms with Gasteiger partial charge < -0.3 is 10.1 Å². The second-order valence-corrected chi connectivity index (χ2v) is 6.84. The largest absolute Gasteiger partial charge is 0.495 e. The zero-order valence-electron chi connectivity index (χ0n) is 15.8. The third-order valence-corrected chi connectivity index (χ3v) is 4.56. The Bertz CT molecular complexity index is 1090. The lowest BCUT2D eigenvalue weighted by atomic mass is 10.0. The van der Waals surface area contributed by atoms with E-state index in [1.165, 1.54) is 13.2 Å². The molecule has 0 atom stereocenters. The Morgan fingerprint density at radius 2 is 1.93 bits per heavy atom. The fourth-order valence-electron chi connectivity index (χ4n) is 2.80. The minimum absolute atomic E-state index is 0.207. The summed E-state index contributed by atoms with van der Waals surface area (Å²) in [6.07, 6.45) is 0. The molecule has 0 bridgehead atoms. The molecule has 1 N–H and O–H groups in total. The van der Waals surface area contributed by atoms with Gasteiger partial charge in [0.25, 0.3) is 5.56 Å². The van der Waals surface area contributed by atoms with Crippen LogP contribution in [0.15, 0.2) is 53.3 Å². The van der Waals surface area contributed by atoms with Crippen LogP contribution in [0.4, 0.5) is 5.69 Å². The second kappa shape index (κ2) is 8.27. The number of hydrogen-bond acceptors (Lipinski definition) is 4. The number of nitrogens with zero attached hydrogens (tertiary/aromatic N) is 2. The van der Waals surface area contributed by atoms with Crippen LogP contribution in [0.5, 0.6) is 5.75 Å². The normalized spacial score (nSPS) is 10.6. The number of halogens is 1. The van der Waals surface area contributed by atoms with Gasteiger partial charge in [0.05, 0.1) is 17.8 Å². The van der Waals surface area contributed by atoms with Crippen LogP contribution >= 0.6 is 11.6 Å². The quantitative estimate of drug-likeness (QED) is 0.710. The molecule has 7 heteroatoms. The SMILES string of the molecule is COc1ccc(NC(=O)Cn2nc(-c3cc(C)ccc3C)ccc2=O)cc1Cl. The number of aryl methyl sites for hydroxylation is 2. The van der Waals surface area contributed by atoms with Crippen molar-refractivity contribution < 1.29 is 9.53 Å². The highest BCUT2D eigenvalue weighted by atomic mass is 35.5. The number of methoxy groups -OCH3 is 1. The first-order valence-electron chi connectivity index (χ1n) is 8.66. The molecule has 0 saturated carbocycles. The van der Waals surface area contributed by atoms with Crippen molar-refractivity contribution in [3.63, 3.8) is 0 Å². The maximum atomic E-state index is 12.4. The molecule has 1 aromatic heterocycles. The van der Waals surface area contributed by atoms with Gasteiger partial charge in [-0.2, -0.15) is 5.10 Å². The van der Waals surface area contributed by atoms with E-state index in [0.717, 1.165) is 21.4 Å². The topological polar surface area (TPSA) is 73.2 Å². The molecule has 0 aliphatic rings. The summed E-state index contributed by atoms with van der Waals surface area (Å²) >= 11 is 6.07. The number of benzene rings is 2. The van der Waals surface area contributed by atoms with E-state index in [-0.39, 0.29) is 18.0 Å². The summed E-state index contributed by atoms with van der Waals surface area (Å²) in [7, 11) is 1.51. The molecule has 0 spiro atoms. The number of nitrogens with one attached hydrogen (secondary N) is 1. The maximum absolute atomic E-state index is 12.4. The monoisotopic (exact) mass is 397 g/mol. The molecular weight excluding hydrogens is 378 g/mol. The van der Waals surface area contributed by atoms with E-state index in [1.807, 2.05) is 32.0 Å². The number of carbonyl (C=O) groups excluding carboxylic acids is 1. The summed E-state index contributed by atoms with van der Waals surface area (Å²) in [4.78, 5) is 24.5. The van der Waals surface area contributed by atoms with Crippen LogP contribution in [0.25, 0.3) is 11.3 Å². The molecule has 1 amide bonds. The summed E-state index contributed by atoms with van der Waals surface area (Å²) in [6, 6.07) is 14.0. The van der Waals surface area contributed by atoms with Crippen molar-refractivity contribution in [3.8, 4) is 17.0 Å². The molecule has 2 aromatic carbocycles. The van der Waals surface area contributed by atoms with Crippen molar-refractivity contribution in [2.45, 2.75) is 20.4 Å². The lowest BCUT2D eigenvalue weighted by Crippen LogP contribution is -2.29. The standard InChI is InChI=1S/C21H20ClN3O3/c1-13-4-5-14(2)16(10-13)18-7-9-21(27)25(24-18)12-20(26)23-15-6-8-19(28-3)17(22)11-15/h4-11H,12H2,1-3H3,(H,23,26). The Morgan fingerprint density at radius 3 is 2.64 bits per heavy atom. The molecule has 0 unspecified atom stereocenters. The summed E-state index contributed by atoms with van der Waals surface area (Å²) < 4.78 is 6.24.